The monoisotopic (exact) mass is 257 g/mol. The van der Waals surface area contributed by atoms with Crippen molar-refractivity contribution in [3.8, 4) is 0 Å². The minimum absolute atomic E-state index is 0.0760. The van der Waals surface area contributed by atoms with Crippen LogP contribution in [0.3, 0.4) is 0 Å². The zero-order valence-electron chi connectivity index (χ0n) is 11.7. The molecule has 18 heavy (non-hydrogen) atoms. The Kier molecular flexibility index (Phi) is 7.23. The highest BCUT2D eigenvalue weighted by Crippen LogP contribution is 2.18. The summed E-state index contributed by atoms with van der Waals surface area (Å²) < 4.78 is 5.00. The quantitative estimate of drug-likeness (QED) is 0.683. The van der Waals surface area contributed by atoms with Crippen molar-refractivity contribution in [2.45, 2.75) is 32.2 Å². The van der Waals surface area contributed by atoms with E-state index in [4.69, 9.17) is 10.5 Å². The molecule has 5 nitrogen and oxygen atoms in total. The van der Waals surface area contributed by atoms with Gasteiger partial charge in [-0.25, -0.2) is 0 Å². The minimum Gasteiger partial charge on any atom is -0.383 e. The van der Waals surface area contributed by atoms with E-state index in [0.29, 0.717) is 19.1 Å². The number of amides is 1. The fourth-order valence-corrected chi connectivity index (χ4v) is 2.58. The molecule has 2 unspecified atom stereocenters. The van der Waals surface area contributed by atoms with E-state index < -0.39 is 0 Å². The molecule has 1 aliphatic heterocycles. The van der Waals surface area contributed by atoms with Gasteiger partial charge in [-0.15, -0.1) is 0 Å². The smallest absolute Gasteiger partial charge is 0.234 e. The number of likely N-dealkylation sites (tertiary alicyclic amines) is 1. The summed E-state index contributed by atoms with van der Waals surface area (Å²) in [5.41, 5.74) is 5.59. The first-order valence-corrected chi connectivity index (χ1v) is 6.86. The van der Waals surface area contributed by atoms with Gasteiger partial charge in [0.05, 0.1) is 13.2 Å². The summed E-state index contributed by atoms with van der Waals surface area (Å²) in [5.74, 6) is 0.751. The van der Waals surface area contributed by atoms with Crippen molar-refractivity contribution in [1.82, 2.24) is 10.2 Å². The van der Waals surface area contributed by atoms with Crippen molar-refractivity contribution in [3.05, 3.63) is 0 Å². The standard InChI is InChI=1S/C13H27N3O2/c1-11(10-18-2)15-13(17)9-16-7-3-4-12(8-16)5-6-14/h11-12H,3-10,14H2,1-2H3,(H,15,17). The maximum atomic E-state index is 11.8. The average Bonchev–Trinajstić information content (AvgIpc) is 2.29. The van der Waals surface area contributed by atoms with Gasteiger partial charge in [0.25, 0.3) is 0 Å². The number of nitrogens with zero attached hydrogens (tertiary/aromatic N) is 1. The lowest BCUT2D eigenvalue weighted by molar-refractivity contribution is -0.123. The van der Waals surface area contributed by atoms with Crippen molar-refractivity contribution in [2.24, 2.45) is 11.7 Å². The van der Waals surface area contributed by atoms with Gasteiger partial charge in [-0.2, -0.15) is 0 Å². The summed E-state index contributed by atoms with van der Waals surface area (Å²) in [4.78, 5) is 14.1. The second kappa shape index (κ2) is 8.45. The van der Waals surface area contributed by atoms with Crippen molar-refractivity contribution in [2.75, 3.05) is 39.9 Å². The zero-order valence-corrected chi connectivity index (χ0v) is 11.7. The molecule has 0 radical (unpaired) electrons. The second-order valence-electron chi connectivity index (χ2n) is 5.24. The molecule has 1 aliphatic rings. The molecule has 0 aliphatic carbocycles. The summed E-state index contributed by atoms with van der Waals surface area (Å²) in [7, 11) is 1.64. The lowest BCUT2D eigenvalue weighted by Gasteiger charge is -2.32. The van der Waals surface area contributed by atoms with Crippen LogP contribution < -0.4 is 11.1 Å². The molecule has 1 fully saturated rings. The molecule has 106 valence electrons. The number of nitrogens with one attached hydrogen (secondary N) is 1. The number of ether oxygens (including phenoxy) is 1. The third-order valence-corrected chi connectivity index (χ3v) is 3.37. The molecule has 0 aromatic rings. The van der Waals surface area contributed by atoms with E-state index in [1.165, 1.54) is 12.8 Å². The number of hydrogen-bond acceptors (Lipinski definition) is 4. The highest BCUT2D eigenvalue weighted by Gasteiger charge is 2.21. The largest absolute Gasteiger partial charge is 0.383 e. The second-order valence-corrected chi connectivity index (χ2v) is 5.24. The van der Waals surface area contributed by atoms with E-state index in [2.05, 4.69) is 10.2 Å². The Balaban J connectivity index is 2.26. The van der Waals surface area contributed by atoms with Crippen LogP contribution in [0.2, 0.25) is 0 Å². The Morgan fingerprint density at radius 3 is 3.06 bits per heavy atom. The lowest BCUT2D eigenvalue weighted by atomic mass is 9.95. The summed E-state index contributed by atoms with van der Waals surface area (Å²) in [6.07, 6.45) is 3.49. The van der Waals surface area contributed by atoms with Gasteiger partial charge in [0.15, 0.2) is 0 Å². The van der Waals surface area contributed by atoms with Crippen molar-refractivity contribution >= 4 is 5.91 Å². The van der Waals surface area contributed by atoms with E-state index in [-0.39, 0.29) is 11.9 Å². The Morgan fingerprint density at radius 2 is 2.39 bits per heavy atom. The molecule has 1 amide bonds. The fraction of sp³-hybridized carbons (Fsp3) is 0.923. The summed E-state index contributed by atoms with van der Waals surface area (Å²) in [5, 5.41) is 2.94. The van der Waals surface area contributed by atoms with E-state index in [9.17, 15) is 4.79 Å². The SMILES string of the molecule is COCC(C)NC(=O)CN1CCCC(CCN)C1. The minimum atomic E-state index is 0.0760. The van der Waals surface area contributed by atoms with Crippen LogP contribution in [0.25, 0.3) is 0 Å². The predicted molar refractivity (Wildman–Crippen MR) is 72.3 cm³/mol. The van der Waals surface area contributed by atoms with Crippen LogP contribution in [0, 0.1) is 5.92 Å². The molecule has 0 saturated carbocycles. The van der Waals surface area contributed by atoms with Gasteiger partial charge >= 0.3 is 0 Å². The van der Waals surface area contributed by atoms with Gasteiger partial charge in [0.2, 0.25) is 5.91 Å². The number of piperidine rings is 1. The number of hydrogen-bond donors (Lipinski definition) is 2. The number of nitrogens with two attached hydrogens (primary N) is 1. The van der Waals surface area contributed by atoms with Gasteiger partial charge in [0.1, 0.15) is 0 Å². The lowest BCUT2D eigenvalue weighted by Crippen LogP contribution is -2.45. The van der Waals surface area contributed by atoms with Crippen molar-refractivity contribution in [3.63, 3.8) is 0 Å². The maximum absolute atomic E-state index is 11.8. The van der Waals surface area contributed by atoms with Crippen LogP contribution in [-0.4, -0.2) is 56.7 Å². The molecule has 1 heterocycles. The molecule has 0 aromatic carbocycles. The number of carbonyl (C=O) groups excluding carboxylic acids is 1. The van der Waals surface area contributed by atoms with Crippen LogP contribution in [-0.2, 0) is 9.53 Å². The third kappa shape index (κ3) is 5.80. The van der Waals surface area contributed by atoms with Crippen LogP contribution in [0.5, 0.6) is 0 Å². The van der Waals surface area contributed by atoms with Crippen LogP contribution in [0.1, 0.15) is 26.2 Å². The Labute approximate surface area is 110 Å². The molecule has 1 rings (SSSR count). The molecule has 5 heteroatoms. The van der Waals surface area contributed by atoms with Gasteiger partial charge in [-0.3, -0.25) is 9.69 Å². The normalized spacial score (nSPS) is 22.7. The van der Waals surface area contributed by atoms with E-state index in [1.54, 1.807) is 7.11 Å². The fourth-order valence-electron chi connectivity index (χ4n) is 2.58. The Morgan fingerprint density at radius 1 is 1.61 bits per heavy atom. The van der Waals surface area contributed by atoms with Crippen LogP contribution in [0.15, 0.2) is 0 Å². The molecular formula is C13H27N3O2. The molecule has 2 atom stereocenters. The van der Waals surface area contributed by atoms with Gasteiger partial charge in [0, 0.05) is 19.7 Å². The first-order valence-electron chi connectivity index (χ1n) is 6.86. The summed E-state index contributed by atoms with van der Waals surface area (Å²) in [6.45, 7) is 5.78. The van der Waals surface area contributed by atoms with Crippen LogP contribution >= 0.6 is 0 Å². The summed E-state index contributed by atoms with van der Waals surface area (Å²) >= 11 is 0. The predicted octanol–water partition coefficient (Wildman–Crippen LogP) is 0.198. The van der Waals surface area contributed by atoms with Gasteiger partial charge < -0.3 is 15.8 Å². The molecule has 3 N–H and O–H groups in total. The maximum Gasteiger partial charge on any atom is 0.234 e. The Hall–Kier alpha value is -0.650. The third-order valence-electron chi connectivity index (χ3n) is 3.37. The average molecular weight is 257 g/mol. The van der Waals surface area contributed by atoms with E-state index >= 15 is 0 Å². The van der Waals surface area contributed by atoms with E-state index in [1.807, 2.05) is 6.92 Å². The molecular weight excluding hydrogens is 230 g/mol. The number of methoxy groups -OCH3 is 1. The van der Waals surface area contributed by atoms with Crippen molar-refractivity contribution < 1.29 is 9.53 Å². The zero-order chi connectivity index (χ0) is 13.4. The first-order chi connectivity index (χ1) is 8.65. The summed E-state index contributed by atoms with van der Waals surface area (Å²) in [6, 6.07) is 0.0760. The Bertz CT molecular complexity index is 246. The van der Waals surface area contributed by atoms with Crippen molar-refractivity contribution in [1.29, 1.82) is 0 Å². The number of rotatable bonds is 7. The topological polar surface area (TPSA) is 67.6 Å². The molecule has 0 spiro atoms. The molecule has 0 aromatic heterocycles. The van der Waals surface area contributed by atoms with Crippen LogP contribution in [0.4, 0.5) is 0 Å². The first kappa shape index (κ1) is 15.4. The molecule has 1 saturated heterocycles. The van der Waals surface area contributed by atoms with Gasteiger partial charge in [-0.1, -0.05) is 0 Å². The number of carbonyl (C=O) groups is 1. The van der Waals surface area contributed by atoms with Gasteiger partial charge in [-0.05, 0) is 45.2 Å². The highest BCUT2D eigenvalue weighted by molar-refractivity contribution is 5.78. The molecule has 0 bridgehead atoms. The van der Waals surface area contributed by atoms with E-state index in [0.717, 1.165) is 26.1 Å². The highest BCUT2D eigenvalue weighted by atomic mass is 16.5.